The van der Waals surface area contributed by atoms with E-state index in [1.54, 1.807) is 14.0 Å². The van der Waals surface area contributed by atoms with Gasteiger partial charge in [-0.15, -0.1) is 16.9 Å². The fourth-order valence-electron chi connectivity index (χ4n) is 3.54. The third kappa shape index (κ3) is 3.92. The van der Waals surface area contributed by atoms with Gasteiger partial charge >= 0.3 is 5.97 Å². The number of fused-ring (bicyclic) bond motifs is 1. The van der Waals surface area contributed by atoms with E-state index < -0.39 is 34.5 Å². The summed E-state index contributed by atoms with van der Waals surface area (Å²) in [7, 11) is 3.00. The zero-order chi connectivity index (χ0) is 24.8. The number of carbonyl (C=O) groups is 2. The van der Waals surface area contributed by atoms with E-state index in [0.717, 1.165) is 0 Å². The van der Waals surface area contributed by atoms with Crippen molar-refractivity contribution in [2.24, 2.45) is 7.05 Å². The molecule has 2 aliphatic heterocycles. The first-order chi connectivity index (χ1) is 16.1. The summed E-state index contributed by atoms with van der Waals surface area (Å²) < 4.78 is 12.1. The lowest BCUT2D eigenvalue weighted by Crippen LogP contribution is -2.80. The number of rotatable bonds is 8. The van der Waals surface area contributed by atoms with Crippen molar-refractivity contribution in [2.45, 2.75) is 29.1 Å². The Bertz CT molecular complexity index is 1260. The van der Waals surface area contributed by atoms with Gasteiger partial charge in [0.1, 0.15) is 16.1 Å². The molecule has 0 bridgehead atoms. The summed E-state index contributed by atoms with van der Waals surface area (Å²) in [6.07, 6.45) is 0. The normalized spacial score (nSPS) is 22.9. The Kier molecular flexibility index (Phi) is 6.78. The van der Waals surface area contributed by atoms with Crippen molar-refractivity contribution in [1.29, 1.82) is 0 Å². The number of halogens is 1. The summed E-state index contributed by atoms with van der Waals surface area (Å²) in [4.78, 5) is 38.3. The van der Waals surface area contributed by atoms with E-state index >= 15 is 0 Å². The van der Waals surface area contributed by atoms with Crippen LogP contribution in [0.3, 0.4) is 0 Å². The molecular formula is C17H18ClN7O6S3. The average molecular weight is 548 g/mol. The van der Waals surface area contributed by atoms with E-state index in [2.05, 4.69) is 26.0 Å². The lowest BCUT2D eigenvalue weighted by Gasteiger charge is -2.56. The quantitative estimate of drug-likeness (QED) is 0.181. The molecule has 0 saturated carbocycles. The van der Waals surface area contributed by atoms with Crippen LogP contribution in [-0.4, -0.2) is 81.9 Å². The van der Waals surface area contributed by atoms with Crippen LogP contribution in [0.4, 0.5) is 0 Å². The van der Waals surface area contributed by atoms with Gasteiger partial charge in [0.15, 0.2) is 5.76 Å². The number of carboxylic acid groups (broad SMARTS) is 1. The summed E-state index contributed by atoms with van der Waals surface area (Å²) in [5.41, 5.74) is -1.74. The molecule has 182 valence electrons. The summed E-state index contributed by atoms with van der Waals surface area (Å²) in [5, 5.41) is 25.8. The molecule has 0 spiro atoms. The largest absolute Gasteiger partial charge is 0.477 e. The SMILES string of the molecule is CO[C@@]1(NC(=S)C(C)c2o[nH]c(=O)c2Cl)C(=O)N2C(C(=O)O)=C(CSc3nnnn3C)CS[C@H]21. The van der Waals surface area contributed by atoms with Gasteiger partial charge in [-0.2, -0.15) is 5.16 Å². The van der Waals surface area contributed by atoms with Crippen LogP contribution in [0.25, 0.3) is 0 Å². The predicted octanol–water partition coefficient (Wildman–Crippen LogP) is 0.554. The first-order valence-corrected chi connectivity index (χ1v) is 12.4. The van der Waals surface area contributed by atoms with Crippen LogP contribution in [0, 0.1) is 0 Å². The van der Waals surface area contributed by atoms with E-state index in [-0.39, 0.29) is 27.2 Å². The minimum absolute atomic E-state index is 0.107. The van der Waals surface area contributed by atoms with Gasteiger partial charge < -0.3 is 19.7 Å². The first kappa shape index (κ1) is 24.7. The lowest BCUT2D eigenvalue weighted by atomic mass is 9.97. The summed E-state index contributed by atoms with van der Waals surface area (Å²) in [6.45, 7) is 1.64. The number of aromatic nitrogens is 5. The Balaban J connectivity index is 1.56. The van der Waals surface area contributed by atoms with Crippen molar-refractivity contribution >= 4 is 64.2 Å². The molecule has 13 nitrogen and oxygen atoms in total. The maximum atomic E-state index is 13.3. The molecule has 2 aromatic rings. The molecule has 0 aromatic carbocycles. The van der Waals surface area contributed by atoms with Gasteiger partial charge in [-0.25, -0.2) is 9.48 Å². The number of ether oxygens (including phenoxy) is 1. The number of thiocarbonyl (C=S) groups is 1. The second-order valence-electron chi connectivity index (χ2n) is 7.33. The number of amides is 1. The second-order valence-corrected chi connectivity index (χ2v) is 10.2. The zero-order valence-electron chi connectivity index (χ0n) is 17.9. The molecule has 3 atom stereocenters. The van der Waals surface area contributed by atoms with Crippen molar-refractivity contribution < 1.29 is 24.0 Å². The smallest absolute Gasteiger partial charge is 0.352 e. The number of β-lactam (4-membered cyclic amide) rings is 1. The van der Waals surface area contributed by atoms with Crippen LogP contribution < -0.4 is 10.9 Å². The van der Waals surface area contributed by atoms with Crippen LogP contribution in [0.15, 0.2) is 25.7 Å². The number of aromatic amines is 1. The highest BCUT2D eigenvalue weighted by atomic mass is 35.5. The maximum Gasteiger partial charge on any atom is 0.352 e. The number of H-pyrrole nitrogens is 1. The van der Waals surface area contributed by atoms with Crippen LogP contribution in [-0.2, 0) is 21.4 Å². The van der Waals surface area contributed by atoms with Gasteiger partial charge in [0, 0.05) is 25.7 Å². The number of thioether (sulfide) groups is 2. The topological polar surface area (TPSA) is 168 Å². The highest BCUT2D eigenvalue weighted by Gasteiger charge is 2.66. The molecule has 2 aliphatic rings. The number of aryl methyl sites for hydroxylation is 1. The molecular weight excluding hydrogens is 530 g/mol. The molecule has 1 fully saturated rings. The number of hydrogen-bond donors (Lipinski definition) is 3. The Labute approximate surface area is 210 Å². The molecule has 1 amide bonds. The van der Waals surface area contributed by atoms with Gasteiger partial charge in [-0.3, -0.25) is 14.5 Å². The Morgan fingerprint density at radius 1 is 1.56 bits per heavy atom. The molecule has 17 heteroatoms. The van der Waals surface area contributed by atoms with Crippen LogP contribution >= 0.6 is 47.3 Å². The van der Waals surface area contributed by atoms with Crippen molar-refractivity contribution in [3.05, 3.63) is 32.4 Å². The van der Waals surface area contributed by atoms with Crippen LogP contribution in [0.5, 0.6) is 0 Å². The number of tetrazole rings is 1. The third-order valence-electron chi connectivity index (χ3n) is 5.36. The van der Waals surface area contributed by atoms with Crippen LogP contribution in [0.2, 0.25) is 5.02 Å². The summed E-state index contributed by atoms with van der Waals surface area (Å²) >= 11 is 14.0. The van der Waals surface area contributed by atoms with Crippen molar-refractivity contribution in [3.8, 4) is 0 Å². The fraction of sp³-hybridized carbons (Fsp3) is 0.471. The number of hydrogen-bond acceptors (Lipinski definition) is 11. The van der Waals surface area contributed by atoms with Crippen molar-refractivity contribution in [3.63, 3.8) is 0 Å². The monoisotopic (exact) mass is 547 g/mol. The van der Waals surface area contributed by atoms with Crippen LogP contribution in [0.1, 0.15) is 18.6 Å². The number of carboxylic acids is 1. The molecule has 2 aromatic heterocycles. The van der Waals surface area contributed by atoms with Crippen molar-refractivity contribution in [1.82, 2.24) is 35.6 Å². The molecule has 4 rings (SSSR count). The molecule has 1 saturated heterocycles. The van der Waals surface area contributed by atoms with E-state index in [1.165, 1.54) is 40.2 Å². The zero-order valence-corrected chi connectivity index (χ0v) is 21.1. The standard InChI is InChI=1S/C17H18ClN7O6S3/c1-6(10-8(18)11(26)21-31-10)12(32)19-17(30-3)14(29)25-9(13(27)28)7(4-33-15(17)25)5-34-16-20-22-23-24(16)2/h6,15H,4-5H2,1-3H3,(H,19,32)(H,21,26)(H,27,28)/t6?,15-,17-/m0/s1. The van der Waals surface area contributed by atoms with Gasteiger partial charge in [0.2, 0.25) is 5.16 Å². The van der Waals surface area contributed by atoms with E-state index in [0.29, 0.717) is 16.5 Å². The Morgan fingerprint density at radius 2 is 2.29 bits per heavy atom. The summed E-state index contributed by atoms with van der Waals surface area (Å²) in [6, 6.07) is 0. The highest BCUT2D eigenvalue weighted by molar-refractivity contribution is 8.01. The summed E-state index contributed by atoms with van der Waals surface area (Å²) in [5.74, 6) is -1.77. The molecule has 1 unspecified atom stereocenters. The number of carbonyl (C=O) groups excluding carboxylic acids is 1. The highest BCUT2D eigenvalue weighted by Crippen LogP contribution is 2.47. The fourth-order valence-corrected chi connectivity index (χ4v) is 6.47. The molecule has 3 N–H and O–H groups in total. The minimum Gasteiger partial charge on any atom is -0.477 e. The minimum atomic E-state index is -1.59. The molecule has 4 heterocycles. The molecule has 34 heavy (non-hydrogen) atoms. The second kappa shape index (κ2) is 9.33. The maximum absolute atomic E-state index is 13.3. The lowest BCUT2D eigenvalue weighted by molar-refractivity contribution is -0.187. The number of nitrogens with one attached hydrogen (secondary N) is 2. The number of nitrogens with zero attached hydrogens (tertiary/aromatic N) is 5. The van der Waals surface area contributed by atoms with Crippen molar-refractivity contribution in [2.75, 3.05) is 18.6 Å². The Morgan fingerprint density at radius 3 is 2.85 bits per heavy atom. The first-order valence-electron chi connectivity index (χ1n) is 9.62. The third-order valence-corrected chi connectivity index (χ3v) is 8.64. The van der Waals surface area contributed by atoms with E-state index in [9.17, 15) is 19.5 Å². The van der Waals surface area contributed by atoms with Gasteiger partial charge in [-0.1, -0.05) is 35.6 Å². The predicted molar refractivity (Wildman–Crippen MR) is 126 cm³/mol. The van der Waals surface area contributed by atoms with Gasteiger partial charge in [0.25, 0.3) is 17.2 Å². The number of aliphatic carboxylic acids is 1. The average Bonchev–Trinajstić information content (AvgIpc) is 3.38. The molecule has 0 aliphatic carbocycles. The van der Waals surface area contributed by atoms with E-state index in [4.69, 9.17) is 33.1 Å². The Hall–Kier alpha value is -2.40. The van der Waals surface area contributed by atoms with E-state index in [1.807, 2.05) is 0 Å². The number of methoxy groups -OCH3 is 1. The van der Waals surface area contributed by atoms with Gasteiger partial charge in [-0.05, 0) is 22.9 Å². The van der Waals surface area contributed by atoms with Gasteiger partial charge in [0.05, 0.1) is 10.9 Å². The molecule has 0 radical (unpaired) electrons.